The molecule has 0 heterocycles. The Morgan fingerprint density at radius 3 is 2.40 bits per heavy atom. The van der Waals surface area contributed by atoms with Gasteiger partial charge in [-0.15, -0.1) is 0 Å². The molecule has 5 heteroatoms. The fraction of sp³-hybridized carbons (Fsp3) is 0.933. The molecule has 0 saturated heterocycles. The summed E-state index contributed by atoms with van der Waals surface area (Å²) in [4.78, 5) is 11.7. The third-order valence-electron chi connectivity index (χ3n) is 2.53. The fourth-order valence-electron chi connectivity index (χ4n) is 1.57. The minimum absolute atomic E-state index is 0.139. The Morgan fingerprint density at radius 1 is 1.15 bits per heavy atom. The number of rotatable bonds is 11. The molecule has 0 radical (unpaired) electrons. The molecule has 0 aromatic carbocycles. The van der Waals surface area contributed by atoms with E-state index in [1.165, 1.54) is 0 Å². The number of hydrogen-bond acceptors (Lipinski definition) is 5. The number of esters is 1. The Morgan fingerprint density at radius 2 is 1.85 bits per heavy atom. The SMILES string of the molecule is CCCNC(CCOCCOC(C)(C)C)C(=O)OCC. The summed E-state index contributed by atoms with van der Waals surface area (Å²) in [6.45, 7) is 12.8. The maximum absolute atomic E-state index is 11.7. The largest absolute Gasteiger partial charge is 0.465 e. The molecule has 5 nitrogen and oxygen atoms in total. The van der Waals surface area contributed by atoms with Crippen molar-refractivity contribution < 1.29 is 19.0 Å². The molecule has 0 aliphatic rings. The molecule has 0 aromatic heterocycles. The van der Waals surface area contributed by atoms with Crippen molar-refractivity contribution in [2.75, 3.05) is 33.0 Å². The van der Waals surface area contributed by atoms with Crippen LogP contribution in [0, 0.1) is 0 Å². The van der Waals surface area contributed by atoms with Gasteiger partial charge in [-0.3, -0.25) is 4.79 Å². The van der Waals surface area contributed by atoms with Crippen molar-refractivity contribution in [3.05, 3.63) is 0 Å². The van der Waals surface area contributed by atoms with Crippen LogP contribution >= 0.6 is 0 Å². The standard InChI is InChI=1S/C15H31NO4/c1-6-9-16-13(14(17)19-7-2)8-10-18-11-12-20-15(3,4)5/h13,16H,6-12H2,1-5H3. The summed E-state index contributed by atoms with van der Waals surface area (Å²) in [6.07, 6.45) is 1.60. The van der Waals surface area contributed by atoms with E-state index < -0.39 is 0 Å². The van der Waals surface area contributed by atoms with E-state index in [4.69, 9.17) is 14.2 Å². The Balaban J connectivity index is 3.81. The fourth-order valence-corrected chi connectivity index (χ4v) is 1.57. The molecular formula is C15H31NO4. The maximum atomic E-state index is 11.7. The minimum atomic E-state index is -0.279. The molecule has 1 unspecified atom stereocenters. The lowest BCUT2D eigenvalue weighted by molar-refractivity contribution is -0.146. The monoisotopic (exact) mass is 289 g/mol. The Bertz CT molecular complexity index is 251. The second-order valence-electron chi connectivity index (χ2n) is 5.62. The summed E-state index contributed by atoms with van der Waals surface area (Å²) in [5.74, 6) is -0.199. The van der Waals surface area contributed by atoms with Gasteiger partial charge in [0.05, 0.1) is 25.4 Å². The summed E-state index contributed by atoms with van der Waals surface area (Å²) in [6, 6.07) is -0.279. The van der Waals surface area contributed by atoms with Gasteiger partial charge in [-0.1, -0.05) is 6.92 Å². The van der Waals surface area contributed by atoms with E-state index in [2.05, 4.69) is 12.2 Å². The van der Waals surface area contributed by atoms with Crippen LogP contribution in [0.4, 0.5) is 0 Å². The lowest BCUT2D eigenvalue weighted by Crippen LogP contribution is -2.39. The highest BCUT2D eigenvalue weighted by Crippen LogP contribution is 2.05. The Kier molecular flexibility index (Phi) is 10.7. The van der Waals surface area contributed by atoms with Crippen molar-refractivity contribution >= 4 is 5.97 Å². The van der Waals surface area contributed by atoms with E-state index in [0.717, 1.165) is 13.0 Å². The second-order valence-corrected chi connectivity index (χ2v) is 5.62. The third kappa shape index (κ3) is 11.2. The number of carbonyl (C=O) groups excluding carboxylic acids is 1. The van der Waals surface area contributed by atoms with Gasteiger partial charge in [0.25, 0.3) is 0 Å². The van der Waals surface area contributed by atoms with Crippen molar-refractivity contribution in [3.8, 4) is 0 Å². The highest BCUT2D eigenvalue weighted by atomic mass is 16.5. The number of carbonyl (C=O) groups is 1. The van der Waals surface area contributed by atoms with E-state index >= 15 is 0 Å². The average Bonchev–Trinajstić information content (AvgIpc) is 2.36. The molecule has 1 atom stereocenters. The zero-order chi connectivity index (χ0) is 15.4. The van der Waals surface area contributed by atoms with Crippen LogP contribution in [0.25, 0.3) is 0 Å². The van der Waals surface area contributed by atoms with Gasteiger partial charge in [0.2, 0.25) is 0 Å². The Labute approximate surface area is 123 Å². The number of nitrogens with one attached hydrogen (secondary N) is 1. The first kappa shape index (κ1) is 19.4. The van der Waals surface area contributed by atoms with Crippen LogP contribution in [-0.2, 0) is 19.0 Å². The average molecular weight is 289 g/mol. The molecule has 0 aromatic rings. The summed E-state index contributed by atoms with van der Waals surface area (Å²) in [5, 5.41) is 3.18. The van der Waals surface area contributed by atoms with Gasteiger partial charge in [-0.25, -0.2) is 0 Å². The first-order chi connectivity index (χ1) is 9.40. The van der Waals surface area contributed by atoms with E-state index in [0.29, 0.717) is 32.8 Å². The zero-order valence-electron chi connectivity index (χ0n) is 13.7. The summed E-state index contributed by atoms with van der Waals surface area (Å²) < 4.78 is 16.1. The third-order valence-corrected chi connectivity index (χ3v) is 2.53. The second kappa shape index (κ2) is 11.1. The van der Waals surface area contributed by atoms with Crippen LogP contribution in [0.15, 0.2) is 0 Å². The molecule has 0 aliphatic carbocycles. The molecule has 0 rings (SSSR count). The molecular weight excluding hydrogens is 258 g/mol. The Hall–Kier alpha value is -0.650. The smallest absolute Gasteiger partial charge is 0.323 e. The van der Waals surface area contributed by atoms with E-state index in [-0.39, 0.29) is 17.6 Å². The first-order valence-corrected chi connectivity index (χ1v) is 7.52. The van der Waals surface area contributed by atoms with E-state index in [9.17, 15) is 4.79 Å². The van der Waals surface area contributed by atoms with Gasteiger partial charge in [-0.2, -0.15) is 0 Å². The van der Waals surface area contributed by atoms with Crippen LogP contribution in [0.3, 0.4) is 0 Å². The van der Waals surface area contributed by atoms with E-state index in [1.807, 2.05) is 27.7 Å². The van der Waals surface area contributed by atoms with Gasteiger partial charge in [0, 0.05) is 6.61 Å². The maximum Gasteiger partial charge on any atom is 0.323 e. The summed E-state index contributed by atoms with van der Waals surface area (Å²) >= 11 is 0. The molecule has 0 amide bonds. The van der Waals surface area contributed by atoms with Crippen LogP contribution in [0.1, 0.15) is 47.5 Å². The lowest BCUT2D eigenvalue weighted by Gasteiger charge is -2.20. The zero-order valence-corrected chi connectivity index (χ0v) is 13.7. The van der Waals surface area contributed by atoms with Gasteiger partial charge >= 0.3 is 5.97 Å². The van der Waals surface area contributed by atoms with Gasteiger partial charge in [0.15, 0.2) is 0 Å². The molecule has 1 N–H and O–H groups in total. The van der Waals surface area contributed by atoms with Crippen molar-refractivity contribution in [3.63, 3.8) is 0 Å². The molecule has 20 heavy (non-hydrogen) atoms. The molecule has 0 spiro atoms. The highest BCUT2D eigenvalue weighted by molar-refractivity contribution is 5.75. The van der Waals surface area contributed by atoms with Crippen molar-refractivity contribution in [2.45, 2.75) is 59.1 Å². The predicted octanol–water partition coefficient (Wildman–Crippen LogP) is 2.14. The highest BCUT2D eigenvalue weighted by Gasteiger charge is 2.18. The van der Waals surface area contributed by atoms with Crippen molar-refractivity contribution in [1.82, 2.24) is 5.32 Å². The lowest BCUT2D eigenvalue weighted by atomic mass is 10.2. The summed E-state index contributed by atoms with van der Waals surface area (Å²) in [7, 11) is 0. The quantitative estimate of drug-likeness (QED) is 0.466. The van der Waals surface area contributed by atoms with Gasteiger partial charge < -0.3 is 19.5 Å². The molecule has 120 valence electrons. The van der Waals surface area contributed by atoms with Crippen molar-refractivity contribution in [2.24, 2.45) is 0 Å². The first-order valence-electron chi connectivity index (χ1n) is 7.52. The van der Waals surface area contributed by atoms with Crippen LogP contribution in [-0.4, -0.2) is 50.6 Å². The molecule has 0 aliphatic heterocycles. The topological polar surface area (TPSA) is 56.8 Å². The molecule has 0 bridgehead atoms. The predicted molar refractivity (Wildman–Crippen MR) is 79.9 cm³/mol. The molecule has 0 fully saturated rings. The number of ether oxygens (including phenoxy) is 3. The summed E-state index contributed by atoms with van der Waals surface area (Å²) in [5.41, 5.74) is -0.139. The molecule has 0 saturated carbocycles. The van der Waals surface area contributed by atoms with Crippen molar-refractivity contribution in [1.29, 1.82) is 0 Å². The van der Waals surface area contributed by atoms with E-state index in [1.54, 1.807) is 0 Å². The van der Waals surface area contributed by atoms with Crippen LogP contribution < -0.4 is 5.32 Å². The van der Waals surface area contributed by atoms with Crippen LogP contribution in [0.5, 0.6) is 0 Å². The minimum Gasteiger partial charge on any atom is -0.465 e. The van der Waals surface area contributed by atoms with Gasteiger partial charge in [-0.05, 0) is 47.1 Å². The normalized spacial score (nSPS) is 13.2. The number of hydrogen-bond donors (Lipinski definition) is 1. The van der Waals surface area contributed by atoms with Gasteiger partial charge in [0.1, 0.15) is 6.04 Å². The van der Waals surface area contributed by atoms with Crippen LogP contribution in [0.2, 0.25) is 0 Å².